The van der Waals surface area contributed by atoms with Crippen molar-refractivity contribution in [2.24, 2.45) is 0 Å². The Labute approximate surface area is 128 Å². The van der Waals surface area contributed by atoms with Crippen LogP contribution in [-0.4, -0.2) is 12.5 Å². The van der Waals surface area contributed by atoms with Crippen LogP contribution in [0.3, 0.4) is 0 Å². The van der Waals surface area contributed by atoms with E-state index < -0.39 is 0 Å². The Morgan fingerprint density at radius 1 is 1.19 bits per heavy atom. The number of anilines is 2. The molecule has 0 fully saturated rings. The molecule has 0 aliphatic rings. The van der Waals surface area contributed by atoms with E-state index in [-0.39, 0.29) is 12.5 Å². The largest absolute Gasteiger partial charge is 0.483 e. The molecular weight excluding hydrogens is 288 g/mol. The summed E-state index contributed by atoms with van der Waals surface area (Å²) >= 11 is 5.87. The maximum atomic E-state index is 11.9. The third-order valence-electron chi connectivity index (χ3n) is 3.06. The maximum Gasteiger partial charge on any atom is 0.262 e. The molecule has 0 spiro atoms. The molecule has 3 N–H and O–H groups in total. The fourth-order valence-electron chi connectivity index (χ4n) is 1.83. The van der Waals surface area contributed by atoms with E-state index in [1.54, 1.807) is 30.3 Å². The molecule has 0 aliphatic heterocycles. The first-order valence-corrected chi connectivity index (χ1v) is 6.88. The van der Waals surface area contributed by atoms with Crippen molar-refractivity contribution in [3.8, 4) is 5.75 Å². The van der Waals surface area contributed by atoms with Crippen molar-refractivity contribution in [3.05, 3.63) is 52.5 Å². The predicted octanol–water partition coefficient (Wildman–Crippen LogP) is 3.56. The lowest BCUT2D eigenvalue weighted by atomic mass is 10.2. The van der Waals surface area contributed by atoms with Crippen LogP contribution in [0.1, 0.15) is 11.1 Å². The first-order valence-electron chi connectivity index (χ1n) is 6.50. The summed E-state index contributed by atoms with van der Waals surface area (Å²) in [5.74, 6) is 0.394. The summed E-state index contributed by atoms with van der Waals surface area (Å²) < 4.78 is 5.48. The molecule has 5 heteroatoms. The van der Waals surface area contributed by atoms with E-state index in [0.29, 0.717) is 22.1 Å². The van der Waals surface area contributed by atoms with E-state index in [9.17, 15) is 4.79 Å². The molecule has 0 aromatic heterocycles. The Balaban J connectivity index is 1.94. The topological polar surface area (TPSA) is 64.3 Å². The Morgan fingerprint density at radius 3 is 2.62 bits per heavy atom. The molecule has 4 nitrogen and oxygen atoms in total. The van der Waals surface area contributed by atoms with Gasteiger partial charge in [-0.25, -0.2) is 0 Å². The van der Waals surface area contributed by atoms with Crippen molar-refractivity contribution in [3.63, 3.8) is 0 Å². The van der Waals surface area contributed by atoms with Crippen molar-refractivity contribution < 1.29 is 9.53 Å². The molecular formula is C16H17ClN2O2. The normalized spacial score (nSPS) is 10.2. The highest BCUT2D eigenvalue weighted by atomic mass is 35.5. The lowest BCUT2D eigenvalue weighted by Gasteiger charge is -2.10. The molecule has 2 rings (SSSR count). The van der Waals surface area contributed by atoms with E-state index in [4.69, 9.17) is 22.1 Å². The summed E-state index contributed by atoms with van der Waals surface area (Å²) in [6.45, 7) is 3.71. The molecule has 0 saturated carbocycles. The minimum Gasteiger partial charge on any atom is -0.483 e. The highest BCUT2D eigenvalue weighted by Gasteiger charge is 2.06. The number of rotatable bonds is 4. The number of nitrogen functional groups attached to an aromatic ring is 1. The van der Waals surface area contributed by atoms with E-state index in [2.05, 4.69) is 5.32 Å². The zero-order chi connectivity index (χ0) is 15.4. The van der Waals surface area contributed by atoms with Crippen LogP contribution in [0, 0.1) is 13.8 Å². The summed E-state index contributed by atoms with van der Waals surface area (Å²) in [4.78, 5) is 11.9. The van der Waals surface area contributed by atoms with Gasteiger partial charge >= 0.3 is 0 Å². The molecule has 2 aromatic rings. The van der Waals surface area contributed by atoms with Gasteiger partial charge in [-0.3, -0.25) is 4.79 Å². The molecule has 0 heterocycles. The minimum absolute atomic E-state index is 0.0732. The van der Waals surface area contributed by atoms with Crippen LogP contribution in [0.5, 0.6) is 5.75 Å². The van der Waals surface area contributed by atoms with Crippen LogP contribution in [0.25, 0.3) is 0 Å². The van der Waals surface area contributed by atoms with E-state index in [1.807, 2.05) is 19.9 Å². The number of ether oxygens (including phenoxy) is 1. The fourth-order valence-corrected chi connectivity index (χ4v) is 2.06. The third kappa shape index (κ3) is 4.13. The summed E-state index contributed by atoms with van der Waals surface area (Å²) in [5.41, 5.74) is 8.95. The van der Waals surface area contributed by atoms with Crippen LogP contribution >= 0.6 is 11.6 Å². The molecule has 0 atom stereocenters. The lowest BCUT2D eigenvalue weighted by Crippen LogP contribution is -2.20. The van der Waals surface area contributed by atoms with Gasteiger partial charge in [0.2, 0.25) is 0 Å². The zero-order valence-corrected chi connectivity index (χ0v) is 12.7. The van der Waals surface area contributed by atoms with Gasteiger partial charge in [-0.05, 0) is 55.3 Å². The second-order valence-electron chi connectivity index (χ2n) is 4.82. The van der Waals surface area contributed by atoms with Gasteiger partial charge in [0.05, 0.1) is 0 Å². The van der Waals surface area contributed by atoms with Gasteiger partial charge in [0.15, 0.2) is 6.61 Å². The first kappa shape index (κ1) is 15.2. The van der Waals surface area contributed by atoms with Crippen molar-refractivity contribution in [1.29, 1.82) is 0 Å². The summed E-state index contributed by atoms with van der Waals surface area (Å²) in [5, 5.41) is 3.38. The van der Waals surface area contributed by atoms with Crippen LogP contribution < -0.4 is 15.8 Å². The van der Waals surface area contributed by atoms with Crippen molar-refractivity contribution >= 4 is 28.9 Å². The predicted molar refractivity (Wildman–Crippen MR) is 85.9 cm³/mol. The molecule has 0 radical (unpaired) electrons. The molecule has 0 bridgehead atoms. The molecule has 0 aliphatic carbocycles. The SMILES string of the molecule is Cc1ccc(NC(=O)COc2ccc(Cl)cc2C)cc1N. The van der Waals surface area contributed by atoms with Crippen LogP contribution in [0.15, 0.2) is 36.4 Å². The average Bonchev–Trinajstić information content (AvgIpc) is 2.42. The second kappa shape index (κ2) is 6.50. The Bertz CT molecular complexity index is 671. The smallest absolute Gasteiger partial charge is 0.262 e. The maximum absolute atomic E-state index is 11.9. The first-order chi connectivity index (χ1) is 9.95. The van der Waals surface area contributed by atoms with Gasteiger partial charge in [0, 0.05) is 16.4 Å². The molecule has 110 valence electrons. The van der Waals surface area contributed by atoms with Crippen molar-refractivity contribution in [1.82, 2.24) is 0 Å². The number of amides is 1. The van der Waals surface area contributed by atoms with Crippen molar-refractivity contribution in [2.45, 2.75) is 13.8 Å². The fraction of sp³-hybridized carbons (Fsp3) is 0.188. The summed E-state index contributed by atoms with van der Waals surface area (Å²) in [7, 11) is 0. The molecule has 1 amide bonds. The van der Waals surface area contributed by atoms with Crippen LogP contribution in [-0.2, 0) is 4.79 Å². The standard InChI is InChI=1S/C16H17ClN2O2/c1-10-3-5-13(8-14(10)18)19-16(20)9-21-15-6-4-12(17)7-11(15)2/h3-8H,9,18H2,1-2H3,(H,19,20). The molecule has 0 unspecified atom stereocenters. The van der Waals surface area contributed by atoms with Crippen LogP contribution in [0.2, 0.25) is 5.02 Å². The number of nitrogens with one attached hydrogen (secondary N) is 1. The number of halogens is 1. The minimum atomic E-state index is -0.243. The van der Waals surface area contributed by atoms with E-state index in [0.717, 1.165) is 11.1 Å². The quantitative estimate of drug-likeness (QED) is 0.849. The molecule has 21 heavy (non-hydrogen) atoms. The second-order valence-corrected chi connectivity index (χ2v) is 5.25. The van der Waals surface area contributed by atoms with Gasteiger partial charge in [-0.2, -0.15) is 0 Å². The van der Waals surface area contributed by atoms with Crippen LogP contribution in [0.4, 0.5) is 11.4 Å². The van der Waals surface area contributed by atoms with E-state index in [1.165, 1.54) is 0 Å². The van der Waals surface area contributed by atoms with Gasteiger partial charge in [0.1, 0.15) is 5.75 Å². The Hall–Kier alpha value is -2.20. The number of hydrogen-bond acceptors (Lipinski definition) is 3. The number of aryl methyl sites for hydroxylation is 2. The Morgan fingerprint density at radius 2 is 1.95 bits per heavy atom. The number of hydrogen-bond donors (Lipinski definition) is 2. The van der Waals surface area contributed by atoms with Gasteiger partial charge < -0.3 is 15.8 Å². The summed E-state index contributed by atoms with van der Waals surface area (Å²) in [6.07, 6.45) is 0. The van der Waals surface area contributed by atoms with Crippen molar-refractivity contribution in [2.75, 3.05) is 17.7 Å². The highest BCUT2D eigenvalue weighted by molar-refractivity contribution is 6.30. The number of carbonyl (C=O) groups excluding carboxylic acids is 1. The average molecular weight is 305 g/mol. The van der Waals surface area contributed by atoms with Gasteiger partial charge in [0.25, 0.3) is 5.91 Å². The third-order valence-corrected chi connectivity index (χ3v) is 3.29. The zero-order valence-electron chi connectivity index (χ0n) is 11.9. The van der Waals surface area contributed by atoms with Gasteiger partial charge in [-0.1, -0.05) is 17.7 Å². The summed E-state index contributed by atoms with van der Waals surface area (Å²) in [6, 6.07) is 10.6. The molecule has 0 saturated heterocycles. The van der Waals surface area contributed by atoms with E-state index >= 15 is 0 Å². The molecule has 2 aromatic carbocycles. The lowest BCUT2D eigenvalue weighted by molar-refractivity contribution is -0.118. The number of benzene rings is 2. The van der Waals surface area contributed by atoms with Gasteiger partial charge in [-0.15, -0.1) is 0 Å². The highest BCUT2D eigenvalue weighted by Crippen LogP contribution is 2.22. The Kier molecular flexibility index (Phi) is 4.70. The number of carbonyl (C=O) groups is 1. The monoisotopic (exact) mass is 304 g/mol. The number of nitrogens with two attached hydrogens (primary N) is 1.